The number of aliphatic hydroxyl groups is 1. The maximum atomic E-state index is 12.9. The summed E-state index contributed by atoms with van der Waals surface area (Å²) in [6.45, 7) is 1.87. The van der Waals surface area contributed by atoms with E-state index in [9.17, 15) is 18.3 Å². The molecule has 0 aromatic heterocycles. The highest BCUT2D eigenvalue weighted by Gasteiger charge is 2.34. The van der Waals surface area contributed by atoms with Gasteiger partial charge in [-0.2, -0.15) is 13.2 Å². The third-order valence-electron chi connectivity index (χ3n) is 3.30. The SMILES string of the molecule is Cc1ccccc1CC(O)c1ccccc1C(F)(F)F. The van der Waals surface area contributed by atoms with Crippen molar-refractivity contribution in [2.75, 3.05) is 0 Å². The van der Waals surface area contributed by atoms with Gasteiger partial charge in [0, 0.05) is 6.42 Å². The molecule has 2 aromatic carbocycles. The molecule has 0 aliphatic heterocycles. The minimum atomic E-state index is -4.46. The van der Waals surface area contributed by atoms with E-state index in [1.165, 1.54) is 18.2 Å². The third kappa shape index (κ3) is 3.20. The fourth-order valence-corrected chi connectivity index (χ4v) is 2.20. The zero-order valence-corrected chi connectivity index (χ0v) is 11.0. The zero-order chi connectivity index (χ0) is 14.8. The second-order valence-electron chi connectivity index (χ2n) is 4.73. The summed E-state index contributed by atoms with van der Waals surface area (Å²) in [5.74, 6) is 0. The Kier molecular flexibility index (Phi) is 4.14. The van der Waals surface area contributed by atoms with Gasteiger partial charge in [0.25, 0.3) is 0 Å². The molecular weight excluding hydrogens is 265 g/mol. The summed E-state index contributed by atoms with van der Waals surface area (Å²) in [7, 11) is 0. The smallest absolute Gasteiger partial charge is 0.388 e. The predicted octanol–water partition coefficient (Wildman–Crippen LogP) is 4.29. The predicted molar refractivity (Wildman–Crippen MR) is 71.3 cm³/mol. The maximum Gasteiger partial charge on any atom is 0.416 e. The van der Waals surface area contributed by atoms with Gasteiger partial charge in [-0.05, 0) is 29.7 Å². The van der Waals surface area contributed by atoms with Crippen LogP contribution in [-0.4, -0.2) is 5.11 Å². The van der Waals surface area contributed by atoms with Gasteiger partial charge in [-0.25, -0.2) is 0 Å². The summed E-state index contributed by atoms with van der Waals surface area (Å²) >= 11 is 0. The van der Waals surface area contributed by atoms with Crippen LogP contribution in [0.1, 0.15) is 28.4 Å². The zero-order valence-electron chi connectivity index (χ0n) is 11.0. The highest BCUT2D eigenvalue weighted by atomic mass is 19.4. The lowest BCUT2D eigenvalue weighted by atomic mass is 9.95. The lowest BCUT2D eigenvalue weighted by molar-refractivity contribution is -0.139. The van der Waals surface area contributed by atoms with Gasteiger partial charge in [-0.3, -0.25) is 0 Å². The van der Waals surface area contributed by atoms with E-state index in [2.05, 4.69) is 0 Å². The first-order valence-corrected chi connectivity index (χ1v) is 6.28. The van der Waals surface area contributed by atoms with Crippen LogP contribution in [-0.2, 0) is 12.6 Å². The van der Waals surface area contributed by atoms with Crippen LogP contribution < -0.4 is 0 Å². The van der Waals surface area contributed by atoms with Crippen LogP contribution in [0, 0.1) is 6.92 Å². The van der Waals surface area contributed by atoms with E-state index in [1.54, 1.807) is 0 Å². The van der Waals surface area contributed by atoms with E-state index < -0.39 is 17.8 Å². The van der Waals surface area contributed by atoms with Crippen molar-refractivity contribution in [2.24, 2.45) is 0 Å². The maximum absolute atomic E-state index is 12.9. The third-order valence-corrected chi connectivity index (χ3v) is 3.30. The average molecular weight is 280 g/mol. The molecular formula is C16H15F3O. The van der Waals surface area contributed by atoms with Crippen molar-refractivity contribution in [1.82, 2.24) is 0 Å². The molecule has 0 heterocycles. The molecule has 1 unspecified atom stereocenters. The highest BCUT2D eigenvalue weighted by Crippen LogP contribution is 2.35. The number of rotatable bonds is 3. The van der Waals surface area contributed by atoms with E-state index in [4.69, 9.17) is 0 Å². The van der Waals surface area contributed by atoms with Crippen molar-refractivity contribution < 1.29 is 18.3 Å². The number of halogens is 3. The monoisotopic (exact) mass is 280 g/mol. The van der Waals surface area contributed by atoms with Crippen molar-refractivity contribution in [3.05, 3.63) is 70.8 Å². The van der Waals surface area contributed by atoms with Crippen LogP contribution in [0.2, 0.25) is 0 Å². The normalized spacial score (nSPS) is 13.2. The van der Waals surface area contributed by atoms with Gasteiger partial charge in [-0.1, -0.05) is 42.5 Å². The topological polar surface area (TPSA) is 20.2 Å². The molecule has 0 amide bonds. The molecule has 0 fully saturated rings. The number of hydrogen-bond donors (Lipinski definition) is 1. The van der Waals surface area contributed by atoms with Crippen molar-refractivity contribution in [3.63, 3.8) is 0 Å². The Morgan fingerprint density at radius 2 is 1.60 bits per heavy atom. The molecule has 106 valence electrons. The van der Waals surface area contributed by atoms with Crippen LogP contribution in [0.5, 0.6) is 0 Å². The Hall–Kier alpha value is -1.81. The molecule has 0 spiro atoms. The molecule has 4 heteroatoms. The Bertz CT molecular complexity index is 590. The standard InChI is InChI=1S/C16H15F3O/c1-11-6-2-3-7-12(11)10-15(20)13-8-4-5-9-14(13)16(17,18)19/h2-9,15,20H,10H2,1H3. The van der Waals surface area contributed by atoms with E-state index in [0.29, 0.717) is 0 Å². The summed E-state index contributed by atoms with van der Waals surface area (Å²) in [6.07, 6.45) is -5.46. The summed E-state index contributed by atoms with van der Waals surface area (Å²) < 4.78 is 38.7. The van der Waals surface area contributed by atoms with Crippen LogP contribution in [0.3, 0.4) is 0 Å². The fraction of sp³-hybridized carbons (Fsp3) is 0.250. The lowest BCUT2D eigenvalue weighted by Gasteiger charge is -2.18. The van der Waals surface area contributed by atoms with Crippen LogP contribution in [0.15, 0.2) is 48.5 Å². The molecule has 0 aliphatic rings. The van der Waals surface area contributed by atoms with E-state index >= 15 is 0 Å². The molecule has 2 aromatic rings. The van der Waals surface area contributed by atoms with Crippen molar-refractivity contribution >= 4 is 0 Å². The van der Waals surface area contributed by atoms with Gasteiger partial charge in [0.2, 0.25) is 0 Å². The Labute approximate surface area is 115 Å². The van der Waals surface area contributed by atoms with Gasteiger partial charge >= 0.3 is 6.18 Å². The average Bonchev–Trinajstić information content (AvgIpc) is 2.40. The molecule has 2 rings (SSSR count). The van der Waals surface area contributed by atoms with Crippen molar-refractivity contribution in [2.45, 2.75) is 25.6 Å². The summed E-state index contributed by atoms with van der Waals surface area (Å²) in [4.78, 5) is 0. The first kappa shape index (κ1) is 14.6. The van der Waals surface area contributed by atoms with Crippen LogP contribution in [0.25, 0.3) is 0 Å². The molecule has 1 atom stereocenters. The summed E-state index contributed by atoms with van der Waals surface area (Å²) in [5, 5.41) is 10.1. The Balaban J connectivity index is 2.31. The Morgan fingerprint density at radius 3 is 2.25 bits per heavy atom. The molecule has 0 radical (unpaired) electrons. The number of aryl methyl sites for hydroxylation is 1. The second-order valence-corrected chi connectivity index (χ2v) is 4.73. The molecule has 20 heavy (non-hydrogen) atoms. The number of hydrogen-bond acceptors (Lipinski definition) is 1. The lowest BCUT2D eigenvalue weighted by Crippen LogP contribution is -2.13. The van der Waals surface area contributed by atoms with E-state index in [0.717, 1.165) is 17.2 Å². The number of benzene rings is 2. The van der Waals surface area contributed by atoms with Crippen LogP contribution in [0.4, 0.5) is 13.2 Å². The van der Waals surface area contributed by atoms with Crippen molar-refractivity contribution in [3.8, 4) is 0 Å². The molecule has 0 bridgehead atoms. The first-order chi connectivity index (χ1) is 9.39. The number of aliphatic hydroxyl groups excluding tert-OH is 1. The largest absolute Gasteiger partial charge is 0.416 e. The highest BCUT2D eigenvalue weighted by molar-refractivity contribution is 5.34. The van der Waals surface area contributed by atoms with Gasteiger partial charge in [0.15, 0.2) is 0 Å². The quantitative estimate of drug-likeness (QED) is 0.889. The summed E-state index contributed by atoms with van der Waals surface area (Å²) in [6, 6.07) is 12.5. The van der Waals surface area contributed by atoms with Gasteiger partial charge in [0.1, 0.15) is 0 Å². The second kappa shape index (κ2) is 5.67. The van der Waals surface area contributed by atoms with Crippen LogP contribution >= 0.6 is 0 Å². The fourth-order valence-electron chi connectivity index (χ4n) is 2.20. The first-order valence-electron chi connectivity index (χ1n) is 6.28. The van der Waals surface area contributed by atoms with Gasteiger partial charge in [0.05, 0.1) is 11.7 Å². The summed E-state index contributed by atoms with van der Waals surface area (Å²) in [5.41, 5.74) is 0.942. The van der Waals surface area contributed by atoms with Crippen molar-refractivity contribution in [1.29, 1.82) is 0 Å². The number of alkyl halides is 3. The molecule has 0 aliphatic carbocycles. The minimum absolute atomic E-state index is 0.0803. The Morgan fingerprint density at radius 1 is 1.00 bits per heavy atom. The van der Waals surface area contributed by atoms with E-state index in [-0.39, 0.29) is 12.0 Å². The van der Waals surface area contributed by atoms with Gasteiger partial charge < -0.3 is 5.11 Å². The van der Waals surface area contributed by atoms with Gasteiger partial charge in [-0.15, -0.1) is 0 Å². The molecule has 0 saturated heterocycles. The minimum Gasteiger partial charge on any atom is -0.388 e. The molecule has 1 N–H and O–H groups in total. The molecule has 1 nitrogen and oxygen atoms in total. The molecule has 0 saturated carbocycles. The van der Waals surface area contributed by atoms with E-state index in [1.807, 2.05) is 31.2 Å².